The van der Waals surface area contributed by atoms with Crippen LogP contribution in [0.1, 0.15) is 22.8 Å². The fraction of sp³-hybridized carbons (Fsp3) is 0.350. The summed E-state index contributed by atoms with van der Waals surface area (Å²) in [5.74, 6) is 0.545. The van der Waals surface area contributed by atoms with Crippen LogP contribution in [-0.2, 0) is 10.2 Å². The Balaban J connectivity index is 1.96. The lowest BCUT2D eigenvalue weighted by Gasteiger charge is -2.23. The molecule has 0 aliphatic heterocycles. The van der Waals surface area contributed by atoms with E-state index in [-0.39, 0.29) is 11.9 Å². The summed E-state index contributed by atoms with van der Waals surface area (Å²) < 4.78 is 32.4. The highest BCUT2D eigenvalue weighted by molar-refractivity contribution is 7.90. The van der Waals surface area contributed by atoms with Crippen molar-refractivity contribution in [1.82, 2.24) is 9.62 Å². The highest BCUT2D eigenvalue weighted by Crippen LogP contribution is 2.19. The van der Waals surface area contributed by atoms with Crippen LogP contribution in [0.2, 0.25) is 0 Å². The predicted octanol–water partition coefficient (Wildman–Crippen LogP) is 2.43. The molecule has 8 heteroatoms. The third-order valence-corrected chi connectivity index (χ3v) is 6.09. The number of aryl methyl sites for hydroxylation is 1. The number of nitrogens with zero attached hydrogens (tertiary/aromatic N) is 2. The first kappa shape index (κ1) is 21.7. The second-order valence-electron chi connectivity index (χ2n) is 6.76. The maximum Gasteiger partial charge on any atom is 0.303 e. The molecule has 2 aromatic rings. The third-order valence-electron chi connectivity index (χ3n) is 4.26. The molecule has 0 fully saturated rings. The van der Waals surface area contributed by atoms with Crippen molar-refractivity contribution in [3.63, 3.8) is 0 Å². The predicted molar refractivity (Wildman–Crippen MR) is 111 cm³/mol. The van der Waals surface area contributed by atoms with E-state index in [1.165, 1.54) is 21.1 Å². The molecule has 7 nitrogen and oxygen atoms in total. The highest BCUT2D eigenvalue weighted by Gasteiger charge is 2.21. The summed E-state index contributed by atoms with van der Waals surface area (Å²) in [5, 5.41) is 2.88. The number of anilines is 1. The van der Waals surface area contributed by atoms with E-state index in [0.717, 1.165) is 19.9 Å². The van der Waals surface area contributed by atoms with Crippen LogP contribution < -0.4 is 14.4 Å². The topological polar surface area (TPSA) is 79.0 Å². The highest BCUT2D eigenvalue weighted by atomic mass is 32.2. The fourth-order valence-corrected chi connectivity index (χ4v) is 3.36. The Hall–Kier alpha value is -2.58. The van der Waals surface area contributed by atoms with Gasteiger partial charge in [0, 0.05) is 26.7 Å². The van der Waals surface area contributed by atoms with Crippen molar-refractivity contribution < 1.29 is 17.9 Å². The lowest BCUT2D eigenvalue weighted by atomic mass is 10.2. The summed E-state index contributed by atoms with van der Waals surface area (Å²) in [6.07, 6.45) is 0. The molecule has 1 N–H and O–H groups in total. The van der Waals surface area contributed by atoms with Crippen molar-refractivity contribution in [2.24, 2.45) is 0 Å². The van der Waals surface area contributed by atoms with Gasteiger partial charge < -0.3 is 10.1 Å². The molecule has 0 unspecified atom stereocenters. The monoisotopic (exact) mass is 405 g/mol. The number of carbonyl (C=O) groups is 1. The molecule has 0 aliphatic rings. The SMILES string of the molecule is Cc1ccccc1OC[C@@H](C)NC(=O)c1ccc(N(C)S(=O)(=O)N(C)C)cc1. The van der Waals surface area contributed by atoms with Gasteiger partial charge in [-0.2, -0.15) is 12.7 Å². The van der Waals surface area contributed by atoms with Gasteiger partial charge in [-0.05, 0) is 49.7 Å². The molecule has 1 amide bonds. The second kappa shape index (κ2) is 9.07. The molecule has 0 aliphatic carbocycles. The Morgan fingerprint density at radius 1 is 1.07 bits per heavy atom. The number of hydrogen-bond donors (Lipinski definition) is 1. The number of benzene rings is 2. The number of para-hydroxylation sites is 1. The summed E-state index contributed by atoms with van der Waals surface area (Å²) in [7, 11) is 0.831. The van der Waals surface area contributed by atoms with E-state index >= 15 is 0 Å². The van der Waals surface area contributed by atoms with Crippen molar-refractivity contribution in [3.05, 3.63) is 59.7 Å². The zero-order valence-electron chi connectivity index (χ0n) is 16.8. The van der Waals surface area contributed by atoms with Gasteiger partial charge in [0.25, 0.3) is 5.91 Å². The minimum absolute atomic E-state index is 0.191. The largest absolute Gasteiger partial charge is 0.491 e. The first-order valence-electron chi connectivity index (χ1n) is 8.88. The maximum atomic E-state index is 12.4. The van der Waals surface area contributed by atoms with Crippen LogP contribution in [0.4, 0.5) is 5.69 Å². The average Bonchev–Trinajstić information content (AvgIpc) is 2.66. The Morgan fingerprint density at radius 2 is 1.68 bits per heavy atom. The molecular formula is C20H27N3O4S. The minimum Gasteiger partial charge on any atom is -0.491 e. The number of ether oxygens (including phenoxy) is 1. The van der Waals surface area contributed by atoms with E-state index in [1.54, 1.807) is 24.3 Å². The molecule has 2 rings (SSSR count). The molecule has 1 atom stereocenters. The quantitative estimate of drug-likeness (QED) is 0.732. The minimum atomic E-state index is -3.57. The summed E-state index contributed by atoms with van der Waals surface area (Å²) in [6.45, 7) is 4.17. The molecule has 2 aromatic carbocycles. The van der Waals surface area contributed by atoms with Crippen LogP contribution in [0.3, 0.4) is 0 Å². The van der Waals surface area contributed by atoms with Crippen LogP contribution in [0.15, 0.2) is 48.5 Å². The maximum absolute atomic E-state index is 12.4. The first-order valence-corrected chi connectivity index (χ1v) is 10.3. The molecule has 0 saturated carbocycles. The smallest absolute Gasteiger partial charge is 0.303 e. The Labute approximate surface area is 167 Å². The number of amides is 1. The Bertz CT molecular complexity index is 911. The van der Waals surface area contributed by atoms with Crippen LogP contribution >= 0.6 is 0 Å². The van der Waals surface area contributed by atoms with Crippen molar-refractivity contribution >= 4 is 21.8 Å². The van der Waals surface area contributed by atoms with Crippen LogP contribution in [0.25, 0.3) is 0 Å². The van der Waals surface area contributed by atoms with E-state index in [0.29, 0.717) is 17.9 Å². The van der Waals surface area contributed by atoms with Crippen molar-refractivity contribution in [2.75, 3.05) is 32.1 Å². The Morgan fingerprint density at radius 3 is 2.25 bits per heavy atom. The lowest BCUT2D eigenvalue weighted by Crippen LogP contribution is -2.38. The normalized spacial score (nSPS) is 12.5. The lowest BCUT2D eigenvalue weighted by molar-refractivity contribution is 0.0926. The molecule has 28 heavy (non-hydrogen) atoms. The second-order valence-corrected chi connectivity index (χ2v) is 8.93. The molecule has 0 aromatic heterocycles. The van der Waals surface area contributed by atoms with Gasteiger partial charge >= 0.3 is 10.2 Å². The molecular weight excluding hydrogens is 378 g/mol. The standard InChI is InChI=1S/C20H27N3O4S/c1-15-8-6-7-9-19(15)27-14-16(2)21-20(24)17-10-12-18(13-11-17)23(5)28(25,26)22(3)4/h6-13,16H,14H2,1-5H3,(H,21,24)/t16-/m1/s1. The number of carbonyl (C=O) groups excluding carboxylic acids is 1. The van der Waals surface area contributed by atoms with Crippen LogP contribution in [0.5, 0.6) is 5.75 Å². The molecule has 0 saturated heterocycles. The van der Waals surface area contributed by atoms with E-state index in [4.69, 9.17) is 4.74 Å². The van der Waals surface area contributed by atoms with Gasteiger partial charge in [-0.15, -0.1) is 0 Å². The number of rotatable bonds is 8. The van der Waals surface area contributed by atoms with E-state index in [9.17, 15) is 13.2 Å². The fourth-order valence-electron chi connectivity index (χ4n) is 2.48. The third kappa shape index (κ3) is 5.24. The summed E-state index contributed by atoms with van der Waals surface area (Å²) in [6, 6.07) is 13.9. The van der Waals surface area contributed by atoms with Gasteiger partial charge in [0.2, 0.25) is 0 Å². The molecule has 0 heterocycles. The van der Waals surface area contributed by atoms with Gasteiger partial charge in [0.1, 0.15) is 12.4 Å². The summed E-state index contributed by atoms with van der Waals surface area (Å²) >= 11 is 0. The zero-order chi connectivity index (χ0) is 20.9. The van der Waals surface area contributed by atoms with Crippen LogP contribution in [0, 0.1) is 6.92 Å². The van der Waals surface area contributed by atoms with E-state index < -0.39 is 10.2 Å². The zero-order valence-corrected chi connectivity index (χ0v) is 17.7. The van der Waals surface area contributed by atoms with E-state index in [1.807, 2.05) is 38.1 Å². The molecule has 0 spiro atoms. The number of hydrogen-bond acceptors (Lipinski definition) is 4. The van der Waals surface area contributed by atoms with Gasteiger partial charge in [0.05, 0.1) is 11.7 Å². The summed E-state index contributed by atoms with van der Waals surface area (Å²) in [4.78, 5) is 12.4. The van der Waals surface area contributed by atoms with Gasteiger partial charge in [-0.1, -0.05) is 18.2 Å². The van der Waals surface area contributed by atoms with Gasteiger partial charge in [-0.25, -0.2) is 0 Å². The van der Waals surface area contributed by atoms with Gasteiger partial charge in [-0.3, -0.25) is 9.10 Å². The molecule has 152 valence electrons. The van der Waals surface area contributed by atoms with Crippen molar-refractivity contribution in [3.8, 4) is 5.75 Å². The molecule has 0 bridgehead atoms. The number of nitrogens with one attached hydrogen (secondary N) is 1. The van der Waals surface area contributed by atoms with E-state index in [2.05, 4.69) is 5.32 Å². The molecule has 0 radical (unpaired) electrons. The average molecular weight is 406 g/mol. The Kier molecular flexibility index (Phi) is 7.04. The van der Waals surface area contributed by atoms with Crippen molar-refractivity contribution in [1.29, 1.82) is 0 Å². The summed E-state index contributed by atoms with van der Waals surface area (Å²) in [5.41, 5.74) is 1.96. The van der Waals surface area contributed by atoms with Crippen LogP contribution in [-0.4, -0.2) is 52.4 Å². The van der Waals surface area contributed by atoms with Crippen molar-refractivity contribution in [2.45, 2.75) is 19.9 Å². The first-order chi connectivity index (χ1) is 13.1. The van der Waals surface area contributed by atoms with Gasteiger partial charge in [0.15, 0.2) is 0 Å².